The van der Waals surface area contributed by atoms with E-state index in [0.29, 0.717) is 42.4 Å². The number of amides is 1. The molecule has 1 amide bonds. The Balaban J connectivity index is 1.66. The van der Waals surface area contributed by atoms with E-state index < -0.39 is 16.0 Å². The predicted molar refractivity (Wildman–Crippen MR) is 145 cm³/mol. The molecule has 7 nitrogen and oxygen atoms in total. The molecule has 4 rings (SSSR count). The number of aromatic carboxylic acids is 1. The molecule has 0 aromatic carbocycles. The zero-order valence-corrected chi connectivity index (χ0v) is 23.8. The first-order valence-corrected chi connectivity index (χ1v) is 15.8. The van der Waals surface area contributed by atoms with Crippen molar-refractivity contribution in [2.24, 2.45) is 11.8 Å². The molecule has 2 aromatic rings. The van der Waals surface area contributed by atoms with Crippen LogP contribution in [0.5, 0.6) is 0 Å². The molecular weight excluding hydrogens is 516 g/mol. The fraction of sp³-hybridized carbons (Fsp3) is 0.615. The van der Waals surface area contributed by atoms with E-state index in [1.165, 1.54) is 27.0 Å². The lowest BCUT2D eigenvalue weighted by atomic mass is 9.82. The van der Waals surface area contributed by atoms with Crippen LogP contribution in [0, 0.1) is 11.8 Å². The molecule has 3 heterocycles. The van der Waals surface area contributed by atoms with Crippen LogP contribution >= 0.6 is 22.7 Å². The standard InChI is InChI=1S/C26H36N2O5S3/c1-17-5-7-18(8-6-17)24(29)28(21-15-22(26(2,3)4)35-23(21)25(30)31)19-9-12-27(13-10-19)36(32,33)20-11-14-34-16-20/h11,14-19H,5-10,12-13H2,1-4H3,(H,30,31)/t17-,18-. The quantitative estimate of drug-likeness (QED) is 0.487. The fourth-order valence-electron chi connectivity index (χ4n) is 5.17. The van der Waals surface area contributed by atoms with Crippen LogP contribution in [0.2, 0.25) is 0 Å². The minimum absolute atomic E-state index is 0.0122. The van der Waals surface area contributed by atoms with Crippen molar-refractivity contribution in [3.8, 4) is 0 Å². The number of anilines is 1. The molecule has 1 saturated carbocycles. The molecule has 0 bridgehead atoms. The maximum Gasteiger partial charge on any atom is 0.348 e. The number of hydrogen-bond donors (Lipinski definition) is 1. The summed E-state index contributed by atoms with van der Waals surface area (Å²) in [5.41, 5.74) is 0.222. The van der Waals surface area contributed by atoms with Crippen molar-refractivity contribution >= 4 is 50.3 Å². The first-order chi connectivity index (χ1) is 16.9. The Hall–Kier alpha value is -1.75. The number of rotatable bonds is 6. The summed E-state index contributed by atoms with van der Waals surface area (Å²) in [5.74, 6) is -0.579. The van der Waals surface area contributed by atoms with Crippen LogP contribution in [0.3, 0.4) is 0 Å². The number of nitrogens with zero attached hydrogens (tertiary/aromatic N) is 2. The molecule has 2 fully saturated rings. The topological polar surface area (TPSA) is 95.0 Å². The molecule has 1 N–H and O–H groups in total. The van der Waals surface area contributed by atoms with Crippen molar-refractivity contribution in [2.75, 3.05) is 18.0 Å². The van der Waals surface area contributed by atoms with Gasteiger partial charge in [-0.25, -0.2) is 13.2 Å². The average molecular weight is 553 g/mol. The Bertz CT molecular complexity index is 1180. The summed E-state index contributed by atoms with van der Waals surface area (Å²) in [6.45, 7) is 8.92. The van der Waals surface area contributed by atoms with Gasteiger partial charge >= 0.3 is 5.97 Å². The van der Waals surface area contributed by atoms with Gasteiger partial charge in [-0.1, -0.05) is 27.7 Å². The van der Waals surface area contributed by atoms with E-state index in [4.69, 9.17) is 0 Å². The highest BCUT2D eigenvalue weighted by atomic mass is 32.2. The van der Waals surface area contributed by atoms with Crippen LogP contribution in [0.4, 0.5) is 5.69 Å². The third-order valence-corrected chi connectivity index (χ3v) is 11.7. The van der Waals surface area contributed by atoms with E-state index in [0.717, 1.165) is 30.6 Å². The largest absolute Gasteiger partial charge is 0.477 e. The molecule has 0 unspecified atom stereocenters. The summed E-state index contributed by atoms with van der Waals surface area (Å²) >= 11 is 2.58. The van der Waals surface area contributed by atoms with Gasteiger partial charge in [-0.3, -0.25) is 4.79 Å². The number of hydrogen-bond acceptors (Lipinski definition) is 6. The van der Waals surface area contributed by atoms with Crippen LogP contribution in [-0.4, -0.2) is 48.8 Å². The van der Waals surface area contributed by atoms with E-state index in [9.17, 15) is 23.1 Å². The average Bonchev–Trinajstić information content (AvgIpc) is 3.51. The van der Waals surface area contributed by atoms with Gasteiger partial charge in [0.2, 0.25) is 15.9 Å². The van der Waals surface area contributed by atoms with Gasteiger partial charge in [-0.2, -0.15) is 15.6 Å². The van der Waals surface area contributed by atoms with Crippen LogP contribution in [0.25, 0.3) is 0 Å². The van der Waals surface area contributed by atoms with Crippen molar-refractivity contribution in [2.45, 2.75) is 82.6 Å². The minimum Gasteiger partial charge on any atom is -0.477 e. The summed E-state index contributed by atoms with van der Waals surface area (Å²) < 4.78 is 27.6. The van der Waals surface area contributed by atoms with Crippen molar-refractivity contribution in [3.05, 3.63) is 32.6 Å². The minimum atomic E-state index is -3.57. The molecule has 2 aromatic heterocycles. The number of carbonyl (C=O) groups excluding carboxylic acids is 1. The second kappa shape index (κ2) is 10.6. The van der Waals surface area contributed by atoms with Crippen molar-refractivity contribution < 1.29 is 23.1 Å². The predicted octanol–water partition coefficient (Wildman–Crippen LogP) is 5.82. The van der Waals surface area contributed by atoms with E-state index >= 15 is 0 Å². The lowest BCUT2D eigenvalue weighted by molar-refractivity contribution is -0.124. The van der Waals surface area contributed by atoms with Gasteiger partial charge in [0, 0.05) is 35.3 Å². The highest BCUT2D eigenvalue weighted by molar-refractivity contribution is 7.89. The fourth-order valence-corrected chi connectivity index (χ4v) is 8.70. The van der Waals surface area contributed by atoms with E-state index in [-0.39, 0.29) is 28.2 Å². The number of carboxylic acids is 1. The van der Waals surface area contributed by atoms with Gasteiger partial charge in [-0.05, 0) is 67.4 Å². The van der Waals surface area contributed by atoms with Gasteiger partial charge in [0.05, 0.1) is 10.6 Å². The van der Waals surface area contributed by atoms with E-state index in [1.807, 2.05) is 26.8 Å². The molecule has 10 heteroatoms. The zero-order chi connectivity index (χ0) is 26.3. The Kier molecular flexibility index (Phi) is 8.00. The number of carboxylic acid groups (broad SMARTS) is 1. The molecule has 1 aliphatic carbocycles. The highest BCUT2D eigenvalue weighted by Gasteiger charge is 2.39. The summed E-state index contributed by atoms with van der Waals surface area (Å²) in [5, 5.41) is 13.4. The Morgan fingerprint density at radius 3 is 2.25 bits per heavy atom. The summed E-state index contributed by atoms with van der Waals surface area (Å²) in [7, 11) is -3.57. The van der Waals surface area contributed by atoms with Gasteiger partial charge in [0.15, 0.2) is 0 Å². The van der Waals surface area contributed by atoms with Gasteiger partial charge in [0.1, 0.15) is 4.88 Å². The van der Waals surface area contributed by atoms with Crippen molar-refractivity contribution in [3.63, 3.8) is 0 Å². The third-order valence-electron chi connectivity index (χ3n) is 7.43. The second-order valence-electron chi connectivity index (χ2n) is 11.1. The van der Waals surface area contributed by atoms with Crippen LogP contribution in [0.15, 0.2) is 27.8 Å². The number of sulfonamides is 1. The summed E-state index contributed by atoms with van der Waals surface area (Å²) in [4.78, 5) is 29.4. The molecule has 0 atom stereocenters. The van der Waals surface area contributed by atoms with E-state index in [2.05, 4.69) is 6.92 Å². The smallest absolute Gasteiger partial charge is 0.348 e. The normalized spacial score (nSPS) is 22.4. The summed E-state index contributed by atoms with van der Waals surface area (Å²) in [6.07, 6.45) is 4.53. The highest BCUT2D eigenvalue weighted by Crippen LogP contribution is 2.41. The third kappa shape index (κ3) is 5.56. The Morgan fingerprint density at radius 2 is 1.72 bits per heavy atom. The zero-order valence-electron chi connectivity index (χ0n) is 21.4. The number of carbonyl (C=O) groups is 2. The SMILES string of the molecule is CC(C)(C)c1cc(N(C(=O)[C@H]2CC[C@H](C)CC2)C2CCN(S(=O)(=O)c3ccsc3)CC2)c(C(=O)O)s1. The monoisotopic (exact) mass is 552 g/mol. The maximum absolute atomic E-state index is 14.0. The molecular formula is C26H36N2O5S3. The van der Waals surface area contributed by atoms with Crippen LogP contribution in [0.1, 0.15) is 80.8 Å². The lowest BCUT2D eigenvalue weighted by Crippen LogP contribution is -2.51. The molecule has 0 spiro atoms. The lowest BCUT2D eigenvalue weighted by Gasteiger charge is -2.40. The number of piperidine rings is 1. The van der Waals surface area contributed by atoms with Crippen LogP contribution in [-0.2, 0) is 20.2 Å². The Morgan fingerprint density at radius 1 is 1.08 bits per heavy atom. The number of thiophene rings is 2. The Labute approximate surface area is 222 Å². The second-order valence-corrected chi connectivity index (χ2v) is 14.9. The van der Waals surface area contributed by atoms with Crippen molar-refractivity contribution in [1.29, 1.82) is 0 Å². The molecule has 1 saturated heterocycles. The molecule has 198 valence electrons. The molecule has 2 aliphatic rings. The maximum atomic E-state index is 14.0. The molecule has 1 aliphatic heterocycles. The first kappa shape index (κ1) is 27.3. The van der Waals surface area contributed by atoms with E-state index in [1.54, 1.807) is 21.7 Å². The molecule has 36 heavy (non-hydrogen) atoms. The van der Waals surface area contributed by atoms with Crippen LogP contribution < -0.4 is 4.90 Å². The first-order valence-electron chi connectivity index (χ1n) is 12.6. The molecule has 0 radical (unpaired) electrons. The van der Waals surface area contributed by atoms with Gasteiger partial charge in [0.25, 0.3) is 0 Å². The van der Waals surface area contributed by atoms with Gasteiger partial charge in [-0.15, -0.1) is 11.3 Å². The summed E-state index contributed by atoms with van der Waals surface area (Å²) in [6, 6.07) is 3.25. The van der Waals surface area contributed by atoms with Crippen molar-refractivity contribution in [1.82, 2.24) is 4.31 Å². The van der Waals surface area contributed by atoms with Gasteiger partial charge < -0.3 is 10.0 Å².